The second-order valence-electron chi connectivity index (χ2n) is 5.43. The molecule has 0 N–H and O–H groups in total. The van der Waals surface area contributed by atoms with Crippen molar-refractivity contribution in [2.45, 2.75) is 0 Å². The van der Waals surface area contributed by atoms with Gasteiger partial charge in [0.1, 0.15) is 5.01 Å². The minimum Gasteiger partial charge on any atom is -0.236 e. The first-order valence-corrected chi connectivity index (χ1v) is 9.30. The third kappa shape index (κ3) is 3.05. The lowest BCUT2D eigenvalue weighted by molar-refractivity contribution is 1.46. The highest BCUT2D eigenvalue weighted by Gasteiger charge is 2.11. The van der Waals surface area contributed by atoms with Crippen molar-refractivity contribution in [1.29, 1.82) is 0 Å². The van der Waals surface area contributed by atoms with E-state index in [1.807, 2.05) is 24.3 Å². The van der Waals surface area contributed by atoms with Crippen LogP contribution in [0.3, 0.4) is 0 Å². The molecule has 0 unspecified atom stereocenters. The zero-order chi connectivity index (χ0) is 16.4. The average Bonchev–Trinajstić information content (AvgIpc) is 3.05. The summed E-state index contributed by atoms with van der Waals surface area (Å²) in [5.74, 6) is 0. The Morgan fingerprint density at radius 1 is 0.792 bits per heavy atom. The Bertz CT molecular complexity index is 985. The van der Waals surface area contributed by atoms with E-state index in [2.05, 4.69) is 76.6 Å². The maximum absolute atomic E-state index is 4.80. The summed E-state index contributed by atoms with van der Waals surface area (Å²) in [4.78, 5) is 4.80. The molecular formula is C21H14BrNS. The van der Waals surface area contributed by atoms with Gasteiger partial charge in [0.05, 0.1) is 10.2 Å². The molecular weight excluding hydrogens is 378 g/mol. The molecule has 4 aromatic rings. The van der Waals surface area contributed by atoms with Gasteiger partial charge < -0.3 is 0 Å². The lowest BCUT2D eigenvalue weighted by Crippen LogP contribution is -1.84. The van der Waals surface area contributed by atoms with E-state index in [0.717, 1.165) is 26.1 Å². The van der Waals surface area contributed by atoms with Crippen LogP contribution < -0.4 is 0 Å². The minimum absolute atomic E-state index is 1.05. The van der Waals surface area contributed by atoms with Gasteiger partial charge in [-0.3, -0.25) is 0 Å². The van der Waals surface area contributed by atoms with Crippen molar-refractivity contribution < 1.29 is 0 Å². The Hall–Kier alpha value is -2.23. The Morgan fingerprint density at radius 3 is 2.42 bits per heavy atom. The molecule has 3 heteroatoms. The summed E-state index contributed by atoms with van der Waals surface area (Å²) in [5.41, 5.74) is 4.54. The maximum Gasteiger partial charge on any atom is 0.125 e. The summed E-state index contributed by atoms with van der Waals surface area (Å²) in [5, 5.41) is 1.05. The number of rotatable bonds is 3. The number of fused-ring (bicyclic) bond motifs is 1. The van der Waals surface area contributed by atoms with Gasteiger partial charge in [-0.05, 0) is 29.3 Å². The van der Waals surface area contributed by atoms with E-state index in [0.29, 0.717) is 0 Å². The molecule has 0 aliphatic carbocycles. The minimum atomic E-state index is 1.05. The van der Waals surface area contributed by atoms with Crippen LogP contribution in [0.15, 0.2) is 77.3 Å². The summed E-state index contributed by atoms with van der Waals surface area (Å²) in [6, 6.07) is 24.9. The van der Waals surface area contributed by atoms with Gasteiger partial charge in [-0.25, -0.2) is 4.98 Å². The van der Waals surface area contributed by atoms with Crippen LogP contribution in [0.5, 0.6) is 0 Å². The standard InChI is InChI=1S/C21H14BrNS/c22-18-10-6-9-17(16(18)14-13-15-7-2-1-3-8-15)21-23-19-11-4-5-12-20(19)24-21/h1-14H. The Balaban J connectivity index is 1.81. The van der Waals surface area contributed by atoms with E-state index in [9.17, 15) is 0 Å². The number of benzene rings is 3. The molecule has 1 aromatic heterocycles. The first kappa shape index (κ1) is 15.3. The van der Waals surface area contributed by atoms with Crippen LogP contribution in [-0.4, -0.2) is 4.98 Å². The van der Waals surface area contributed by atoms with Crippen molar-refractivity contribution in [1.82, 2.24) is 4.98 Å². The Labute approximate surface area is 153 Å². The van der Waals surface area contributed by atoms with Crippen LogP contribution in [0.4, 0.5) is 0 Å². The summed E-state index contributed by atoms with van der Waals surface area (Å²) < 4.78 is 2.29. The van der Waals surface area contributed by atoms with Gasteiger partial charge in [-0.2, -0.15) is 0 Å². The van der Waals surface area contributed by atoms with E-state index in [4.69, 9.17) is 4.98 Å². The Morgan fingerprint density at radius 2 is 1.58 bits per heavy atom. The lowest BCUT2D eigenvalue weighted by atomic mass is 10.1. The van der Waals surface area contributed by atoms with Crippen molar-refractivity contribution >= 4 is 49.6 Å². The van der Waals surface area contributed by atoms with Crippen molar-refractivity contribution in [3.05, 3.63) is 88.4 Å². The smallest absolute Gasteiger partial charge is 0.125 e. The van der Waals surface area contributed by atoms with Gasteiger partial charge in [-0.1, -0.05) is 82.7 Å². The molecule has 3 aromatic carbocycles. The molecule has 0 radical (unpaired) electrons. The summed E-state index contributed by atoms with van der Waals surface area (Å²) in [6.45, 7) is 0. The third-order valence-corrected chi connectivity index (χ3v) is 5.58. The van der Waals surface area contributed by atoms with Crippen molar-refractivity contribution in [3.63, 3.8) is 0 Å². The van der Waals surface area contributed by atoms with Crippen LogP contribution in [-0.2, 0) is 0 Å². The van der Waals surface area contributed by atoms with Gasteiger partial charge in [-0.15, -0.1) is 11.3 Å². The molecule has 0 saturated heterocycles. The summed E-state index contributed by atoms with van der Waals surface area (Å²) >= 11 is 5.42. The predicted molar refractivity (Wildman–Crippen MR) is 108 cm³/mol. The van der Waals surface area contributed by atoms with Crippen LogP contribution in [0.25, 0.3) is 32.9 Å². The van der Waals surface area contributed by atoms with E-state index in [1.165, 1.54) is 10.3 Å². The molecule has 1 heterocycles. The predicted octanol–water partition coefficient (Wildman–Crippen LogP) is 6.90. The molecule has 1 nitrogen and oxygen atoms in total. The molecule has 4 rings (SSSR count). The zero-order valence-corrected chi connectivity index (χ0v) is 15.2. The monoisotopic (exact) mass is 391 g/mol. The highest BCUT2D eigenvalue weighted by molar-refractivity contribution is 9.10. The van der Waals surface area contributed by atoms with Crippen molar-refractivity contribution in [2.24, 2.45) is 0 Å². The highest BCUT2D eigenvalue weighted by atomic mass is 79.9. The van der Waals surface area contributed by atoms with Crippen LogP contribution in [0, 0.1) is 0 Å². The number of hydrogen-bond acceptors (Lipinski definition) is 2. The second-order valence-corrected chi connectivity index (χ2v) is 7.32. The largest absolute Gasteiger partial charge is 0.236 e. The van der Waals surface area contributed by atoms with E-state index < -0.39 is 0 Å². The van der Waals surface area contributed by atoms with E-state index in [1.54, 1.807) is 11.3 Å². The number of aromatic nitrogens is 1. The van der Waals surface area contributed by atoms with Crippen molar-refractivity contribution in [2.75, 3.05) is 0 Å². The molecule has 0 spiro atoms. The zero-order valence-electron chi connectivity index (χ0n) is 12.8. The van der Waals surface area contributed by atoms with E-state index in [-0.39, 0.29) is 0 Å². The van der Waals surface area contributed by atoms with Gasteiger partial charge in [0.25, 0.3) is 0 Å². The van der Waals surface area contributed by atoms with Gasteiger partial charge in [0, 0.05) is 10.0 Å². The number of halogens is 1. The van der Waals surface area contributed by atoms with Gasteiger partial charge in [0.15, 0.2) is 0 Å². The number of para-hydroxylation sites is 1. The average molecular weight is 392 g/mol. The summed E-state index contributed by atoms with van der Waals surface area (Å²) in [6.07, 6.45) is 4.29. The molecule has 0 aliphatic heterocycles. The fraction of sp³-hybridized carbons (Fsp3) is 0. The quantitative estimate of drug-likeness (QED) is 0.346. The SMILES string of the molecule is Brc1cccc(-c2nc3ccccc3s2)c1C=Cc1ccccc1. The summed E-state index contributed by atoms with van der Waals surface area (Å²) in [7, 11) is 0. The topological polar surface area (TPSA) is 12.9 Å². The Kier molecular flexibility index (Phi) is 4.28. The van der Waals surface area contributed by atoms with Gasteiger partial charge in [0.2, 0.25) is 0 Å². The number of hydrogen-bond donors (Lipinski definition) is 0. The van der Waals surface area contributed by atoms with Crippen LogP contribution in [0.2, 0.25) is 0 Å². The van der Waals surface area contributed by atoms with Gasteiger partial charge >= 0.3 is 0 Å². The molecule has 0 bridgehead atoms. The maximum atomic E-state index is 4.80. The lowest BCUT2D eigenvalue weighted by Gasteiger charge is -2.05. The molecule has 0 saturated carbocycles. The number of thiazole rings is 1. The fourth-order valence-electron chi connectivity index (χ4n) is 2.62. The van der Waals surface area contributed by atoms with Crippen LogP contribution in [0.1, 0.15) is 11.1 Å². The molecule has 0 atom stereocenters. The number of nitrogens with zero attached hydrogens (tertiary/aromatic N) is 1. The molecule has 116 valence electrons. The first-order valence-electron chi connectivity index (χ1n) is 7.69. The van der Waals surface area contributed by atoms with E-state index >= 15 is 0 Å². The fourth-order valence-corrected chi connectivity index (χ4v) is 4.13. The second kappa shape index (κ2) is 6.71. The normalized spacial score (nSPS) is 11.4. The van der Waals surface area contributed by atoms with Crippen molar-refractivity contribution in [3.8, 4) is 10.6 Å². The molecule has 0 aliphatic rings. The van der Waals surface area contributed by atoms with Crippen LogP contribution >= 0.6 is 27.3 Å². The molecule has 24 heavy (non-hydrogen) atoms. The third-order valence-electron chi connectivity index (χ3n) is 3.82. The first-order chi connectivity index (χ1) is 11.8. The highest BCUT2D eigenvalue weighted by Crippen LogP contribution is 2.35. The molecule has 0 fully saturated rings. The molecule has 0 amide bonds.